The first-order chi connectivity index (χ1) is 13.1. The van der Waals surface area contributed by atoms with Crippen LogP contribution in [-0.2, 0) is 12.8 Å². The smallest absolute Gasteiger partial charge is 0.257 e. The molecule has 0 saturated carbocycles. The van der Waals surface area contributed by atoms with Gasteiger partial charge in [-0.05, 0) is 73.6 Å². The van der Waals surface area contributed by atoms with Crippen LogP contribution in [0, 0.1) is 0 Å². The zero-order valence-corrected chi connectivity index (χ0v) is 15.5. The van der Waals surface area contributed by atoms with Crippen LogP contribution in [0.3, 0.4) is 0 Å². The largest absolute Gasteiger partial charge is 0.354 e. The van der Waals surface area contributed by atoms with Crippen molar-refractivity contribution in [3.63, 3.8) is 0 Å². The third kappa shape index (κ3) is 2.60. The fourth-order valence-corrected chi connectivity index (χ4v) is 4.70. The van der Waals surface area contributed by atoms with E-state index in [2.05, 4.69) is 22.3 Å². The van der Waals surface area contributed by atoms with E-state index in [0.717, 1.165) is 43.6 Å². The molecule has 1 saturated heterocycles. The van der Waals surface area contributed by atoms with Crippen molar-refractivity contribution in [2.75, 3.05) is 23.8 Å². The Balaban J connectivity index is 1.42. The fraction of sp³-hybridized carbons (Fsp3) is 0.364. The first-order valence-corrected chi connectivity index (χ1v) is 9.73. The summed E-state index contributed by atoms with van der Waals surface area (Å²) in [7, 11) is 2.01. The molecular weight excluding hydrogens is 338 g/mol. The van der Waals surface area contributed by atoms with Gasteiger partial charge in [-0.1, -0.05) is 6.07 Å². The number of hydrogen-bond acceptors (Lipinski definition) is 3. The molecule has 1 aliphatic carbocycles. The molecular formula is C22H23N3O2. The summed E-state index contributed by atoms with van der Waals surface area (Å²) in [4.78, 5) is 29.6. The maximum atomic E-state index is 12.8. The molecule has 0 spiro atoms. The molecule has 2 aromatic carbocycles. The topological polar surface area (TPSA) is 52.7 Å². The number of nitrogens with one attached hydrogen (secondary N) is 1. The summed E-state index contributed by atoms with van der Waals surface area (Å²) >= 11 is 0. The van der Waals surface area contributed by atoms with Crippen molar-refractivity contribution in [2.45, 2.75) is 38.3 Å². The zero-order valence-electron chi connectivity index (χ0n) is 15.5. The molecule has 2 heterocycles. The predicted molar refractivity (Wildman–Crippen MR) is 105 cm³/mol. The highest BCUT2D eigenvalue weighted by molar-refractivity contribution is 6.08. The van der Waals surface area contributed by atoms with Crippen LogP contribution in [0.1, 0.15) is 51.1 Å². The molecule has 1 N–H and O–H groups in total. The third-order valence-electron chi connectivity index (χ3n) is 6.16. The molecule has 0 bridgehead atoms. The first-order valence-electron chi connectivity index (χ1n) is 9.73. The van der Waals surface area contributed by atoms with E-state index in [1.54, 1.807) is 12.1 Å². The van der Waals surface area contributed by atoms with Crippen LogP contribution in [0.15, 0.2) is 36.4 Å². The third-order valence-corrected chi connectivity index (χ3v) is 6.16. The minimum atomic E-state index is -0.134. The van der Waals surface area contributed by atoms with Crippen molar-refractivity contribution < 1.29 is 9.59 Å². The SMILES string of the molecule is CN1c2cc(C(=O)Nc3ccc4c(c3)CCC4)ccc2C(=O)N2CCC[C@H]21. The fourth-order valence-electron chi connectivity index (χ4n) is 4.70. The molecule has 2 amide bonds. The quantitative estimate of drug-likeness (QED) is 0.891. The lowest BCUT2D eigenvalue weighted by molar-refractivity contribution is 0.0719. The lowest BCUT2D eigenvalue weighted by Crippen LogP contribution is -2.50. The van der Waals surface area contributed by atoms with Gasteiger partial charge in [-0.2, -0.15) is 0 Å². The van der Waals surface area contributed by atoms with Crippen molar-refractivity contribution in [3.05, 3.63) is 58.7 Å². The van der Waals surface area contributed by atoms with Crippen LogP contribution in [0.25, 0.3) is 0 Å². The Bertz CT molecular complexity index is 953. The van der Waals surface area contributed by atoms with Crippen LogP contribution >= 0.6 is 0 Å². The molecule has 5 nitrogen and oxygen atoms in total. The second kappa shape index (κ2) is 6.12. The van der Waals surface area contributed by atoms with Crippen molar-refractivity contribution in [2.24, 2.45) is 0 Å². The van der Waals surface area contributed by atoms with Crippen molar-refractivity contribution in [3.8, 4) is 0 Å². The summed E-state index contributed by atoms with van der Waals surface area (Å²) < 4.78 is 0. The van der Waals surface area contributed by atoms with Gasteiger partial charge in [-0.25, -0.2) is 0 Å². The molecule has 1 atom stereocenters. The molecule has 138 valence electrons. The van der Waals surface area contributed by atoms with Gasteiger partial charge in [-0.15, -0.1) is 0 Å². The van der Waals surface area contributed by atoms with Gasteiger partial charge in [0.25, 0.3) is 11.8 Å². The number of anilines is 2. The number of nitrogens with zero attached hydrogens (tertiary/aromatic N) is 2. The van der Waals surface area contributed by atoms with Crippen molar-refractivity contribution >= 4 is 23.2 Å². The summed E-state index contributed by atoms with van der Waals surface area (Å²) in [6, 6.07) is 11.6. The van der Waals surface area contributed by atoms with E-state index in [4.69, 9.17) is 0 Å². The van der Waals surface area contributed by atoms with Gasteiger partial charge >= 0.3 is 0 Å². The summed E-state index contributed by atoms with van der Waals surface area (Å²) in [5.41, 5.74) is 5.69. The zero-order chi connectivity index (χ0) is 18.5. The Morgan fingerprint density at radius 2 is 1.93 bits per heavy atom. The van der Waals surface area contributed by atoms with Crippen LogP contribution < -0.4 is 10.2 Å². The van der Waals surface area contributed by atoms with E-state index in [0.29, 0.717) is 11.1 Å². The molecule has 2 aromatic rings. The maximum Gasteiger partial charge on any atom is 0.257 e. The molecule has 1 fully saturated rings. The Morgan fingerprint density at radius 1 is 1.07 bits per heavy atom. The minimum absolute atomic E-state index is 0.0798. The Kier molecular flexibility index (Phi) is 3.71. The second-order valence-corrected chi connectivity index (χ2v) is 7.76. The summed E-state index contributed by atoms with van der Waals surface area (Å²) in [6.45, 7) is 0.813. The lowest BCUT2D eigenvalue weighted by Gasteiger charge is -2.40. The predicted octanol–water partition coefficient (Wildman–Crippen LogP) is 3.44. The number of hydrogen-bond donors (Lipinski definition) is 1. The number of carbonyl (C=O) groups excluding carboxylic acids is 2. The van der Waals surface area contributed by atoms with Crippen LogP contribution in [0.5, 0.6) is 0 Å². The lowest BCUT2D eigenvalue weighted by atomic mass is 10.0. The number of carbonyl (C=O) groups is 2. The first kappa shape index (κ1) is 16.4. The normalized spacial score (nSPS) is 20.3. The van der Waals surface area contributed by atoms with E-state index in [1.807, 2.05) is 24.1 Å². The number of fused-ring (bicyclic) bond motifs is 3. The Morgan fingerprint density at radius 3 is 2.81 bits per heavy atom. The second-order valence-electron chi connectivity index (χ2n) is 7.76. The van der Waals surface area contributed by atoms with Crippen molar-refractivity contribution in [1.29, 1.82) is 0 Å². The highest BCUT2D eigenvalue weighted by atomic mass is 16.2. The molecule has 5 heteroatoms. The number of benzene rings is 2. The number of rotatable bonds is 2. The van der Waals surface area contributed by atoms with Gasteiger partial charge in [0, 0.05) is 24.8 Å². The Hall–Kier alpha value is -2.82. The summed E-state index contributed by atoms with van der Waals surface area (Å²) in [5, 5.41) is 3.01. The van der Waals surface area contributed by atoms with E-state index >= 15 is 0 Å². The minimum Gasteiger partial charge on any atom is -0.354 e. The molecule has 2 aliphatic heterocycles. The van der Waals surface area contributed by atoms with Crippen LogP contribution in [-0.4, -0.2) is 36.5 Å². The van der Waals surface area contributed by atoms with E-state index < -0.39 is 0 Å². The standard InChI is InChI=1S/C22H23N3O2/c1-24-19-13-16(8-10-18(19)22(27)25-11-3-6-20(24)25)21(26)23-17-9-7-14-4-2-5-15(14)12-17/h7-10,12-13,20H,2-6,11H2,1H3,(H,23,26)/t20-/m0/s1. The van der Waals surface area contributed by atoms with Gasteiger partial charge in [0.2, 0.25) is 0 Å². The highest BCUT2D eigenvalue weighted by Crippen LogP contribution is 2.35. The monoisotopic (exact) mass is 361 g/mol. The summed E-state index contributed by atoms with van der Waals surface area (Å²) in [5.74, 6) is -0.0540. The molecule has 0 aromatic heterocycles. The van der Waals surface area contributed by atoms with Gasteiger partial charge < -0.3 is 15.1 Å². The molecule has 27 heavy (non-hydrogen) atoms. The highest BCUT2D eigenvalue weighted by Gasteiger charge is 2.38. The average molecular weight is 361 g/mol. The summed E-state index contributed by atoms with van der Waals surface area (Å²) in [6.07, 6.45) is 5.53. The van der Waals surface area contributed by atoms with Gasteiger partial charge in [0.15, 0.2) is 0 Å². The van der Waals surface area contributed by atoms with Gasteiger partial charge in [0.05, 0.1) is 11.3 Å². The molecule has 0 unspecified atom stereocenters. The Labute approximate surface area is 159 Å². The van der Waals surface area contributed by atoms with Crippen molar-refractivity contribution in [1.82, 2.24) is 4.90 Å². The molecule has 3 aliphatic rings. The number of aryl methyl sites for hydroxylation is 2. The number of amides is 2. The van der Waals surface area contributed by atoms with E-state index in [-0.39, 0.29) is 18.0 Å². The van der Waals surface area contributed by atoms with E-state index in [1.165, 1.54) is 17.5 Å². The average Bonchev–Trinajstić information content (AvgIpc) is 3.34. The van der Waals surface area contributed by atoms with Gasteiger partial charge in [0.1, 0.15) is 6.17 Å². The van der Waals surface area contributed by atoms with Crippen LogP contribution in [0.2, 0.25) is 0 Å². The molecule has 5 rings (SSSR count). The molecule has 0 radical (unpaired) electrons. The van der Waals surface area contributed by atoms with Gasteiger partial charge in [-0.3, -0.25) is 9.59 Å². The van der Waals surface area contributed by atoms with Crippen LogP contribution in [0.4, 0.5) is 11.4 Å². The van der Waals surface area contributed by atoms with E-state index in [9.17, 15) is 9.59 Å². The maximum absolute atomic E-state index is 12.8.